The van der Waals surface area contributed by atoms with E-state index >= 15 is 0 Å². The molecular weight excluding hydrogens is 321 g/mol. The number of carbonyl (C=O) groups is 1. The van der Waals surface area contributed by atoms with Crippen LogP contribution in [0.3, 0.4) is 0 Å². The summed E-state index contributed by atoms with van der Waals surface area (Å²) in [6.45, 7) is 0. The molecule has 0 aromatic rings. The van der Waals surface area contributed by atoms with Crippen LogP contribution < -0.4 is 0 Å². The monoisotopic (exact) mass is 330 g/mol. The Morgan fingerprint density at radius 3 is 1.00 bits per heavy atom. The summed E-state index contributed by atoms with van der Waals surface area (Å²) in [5, 5.41) is 13.9. The maximum absolute atomic E-state index is 8.74. The molecule has 0 saturated carbocycles. The van der Waals surface area contributed by atoms with Crippen molar-refractivity contribution in [1.29, 1.82) is 0 Å². The van der Waals surface area contributed by atoms with Gasteiger partial charge in [-0.05, 0) is 0 Å². The first-order chi connectivity index (χ1) is 5.46. The number of hydrogen-bond donors (Lipinski definition) is 6. The summed E-state index contributed by atoms with van der Waals surface area (Å²) in [6, 6.07) is 0. The zero-order chi connectivity index (χ0) is 11.7. The zero-order valence-corrected chi connectivity index (χ0v) is 7.27. The Bertz CT molecular complexity index is 222. The first-order valence-corrected chi connectivity index (χ1v) is 4.34. The summed E-state index contributed by atoms with van der Waals surface area (Å²) in [5.41, 5.74) is 0. The van der Waals surface area contributed by atoms with Gasteiger partial charge in [0.1, 0.15) is 0 Å². The van der Waals surface area contributed by atoms with Crippen LogP contribution in [0.1, 0.15) is 0 Å². The summed E-state index contributed by atoms with van der Waals surface area (Å²) in [6.07, 6.45) is -1.83. The molecule has 16 heavy (non-hydrogen) atoms. The van der Waals surface area contributed by atoms with Crippen molar-refractivity contribution in [2.75, 3.05) is 0 Å². The van der Waals surface area contributed by atoms with E-state index in [1.807, 2.05) is 0 Å². The first kappa shape index (κ1) is 36.4. The topological polar surface area (TPSA) is 190 Å². The molecule has 0 aromatic carbocycles. The SMILES string of the molecule is O=C(O)O.O=S(=O)(O)O.O=S(O)O.[KH].[NaH].[NaH]. The van der Waals surface area contributed by atoms with Crippen LogP contribution >= 0.6 is 0 Å². The van der Waals surface area contributed by atoms with Crippen molar-refractivity contribution in [2.24, 2.45) is 0 Å². The van der Waals surface area contributed by atoms with E-state index in [4.69, 9.17) is 45.8 Å². The second-order valence-corrected chi connectivity index (χ2v) is 2.32. The Morgan fingerprint density at radius 1 is 1.00 bits per heavy atom. The van der Waals surface area contributed by atoms with Crippen molar-refractivity contribution in [3.05, 3.63) is 0 Å². The van der Waals surface area contributed by atoms with Crippen molar-refractivity contribution in [2.45, 2.75) is 0 Å². The Kier molecular flexibility index (Phi) is 52.2. The maximum atomic E-state index is 8.74. The Hall–Kier alpha value is 2.85. The minimum absolute atomic E-state index is 0. The molecule has 15 heteroatoms. The molecule has 0 aliphatic carbocycles. The number of rotatable bonds is 0. The Balaban J connectivity index is -0.0000000216. The van der Waals surface area contributed by atoms with Gasteiger partial charge in [0.25, 0.3) is 11.4 Å². The van der Waals surface area contributed by atoms with Crippen LogP contribution in [0.25, 0.3) is 0 Å². The number of carboxylic acid groups (broad SMARTS) is 2. The normalized spacial score (nSPS) is 7.31. The third kappa shape index (κ3) is 522. The molecule has 0 aliphatic rings. The third-order valence-corrected chi connectivity index (χ3v) is 0. The zero-order valence-electron chi connectivity index (χ0n) is 5.63. The predicted molar refractivity (Wildman–Crippen MR) is 59.7 cm³/mol. The van der Waals surface area contributed by atoms with E-state index in [1.165, 1.54) is 0 Å². The minimum atomic E-state index is -4.67. The van der Waals surface area contributed by atoms with E-state index in [0.29, 0.717) is 0 Å². The van der Waals surface area contributed by atoms with Crippen LogP contribution in [0.4, 0.5) is 4.79 Å². The van der Waals surface area contributed by atoms with Crippen LogP contribution in [0.2, 0.25) is 0 Å². The van der Waals surface area contributed by atoms with E-state index < -0.39 is 27.9 Å². The Labute approximate surface area is 180 Å². The molecule has 0 saturated heterocycles. The average molecular weight is 330 g/mol. The molecule has 0 amide bonds. The van der Waals surface area contributed by atoms with Crippen molar-refractivity contribution in [3.63, 3.8) is 0 Å². The molecule has 88 valence electrons. The van der Waals surface area contributed by atoms with Gasteiger partial charge >= 0.3 is 127 Å². The predicted octanol–water partition coefficient (Wildman–Crippen LogP) is -2.69. The standard InChI is InChI=1S/CH2O3.K.2Na.H2O4S.H2O3S.3H/c2-1(3)4;;;;1-5(2,3)4;1-4(2)3;;;/h(H2,2,3,4);;;;(H2,1,2,3,4);(H2,1,2,3);;;. The summed E-state index contributed by atoms with van der Waals surface area (Å²) in [5.74, 6) is 0. The van der Waals surface area contributed by atoms with Crippen LogP contribution in [-0.2, 0) is 21.8 Å². The molecule has 0 aliphatic heterocycles. The van der Waals surface area contributed by atoms with Gasteiger partial charge in [0.15, 0.2) is 0 Å². The molecule has 6 N–H and O–H groups in total. The van der Waals surface area contributed by atoms with Crippen molar-refractivity contribution in [1.82, 2.24) is 0 Å². The Morgan fingerprint density at radius 2 is 1.00 bits per heavy atom. The molecule has 0 bridgehead atoms. The van der Waals surface area contributed by atoms with Crippen molar-refractivity contribution in [3.8, 4) is 0 Å². The molecule has 0 rings (SSSR count). The molecule has 0 aromatic heterocycles. The molecule has 0 spiro atoms. The first-order valence-electron chi connectivity index (χ1n) is 1.88. The number of hydrogen-bond acceptors (Lipinski definition) is 4. The summed E-state index contributed by atoms with van der Waals surface area (Å²) in [7, 11) is -4.67. The fraction of sp³-hybridized carbons (Fsp3) is 0. The third-order valence-electron chi connectivity index (χ3n) is 0. The molecule has 0 fully saturated rings. The van der Waals surface area contributed by atoms with E-state index in [9.17, 15) is 0 Å². The summed E-state index contributed by atoms with van der Waals surface area (Å²) < 4.78 is 54.4. The second-order valence-electron chi connectivity index (χ2n) is 0.961. The van der Waals surface area contributed by atoms with Gasteiger partial charge in [0, 0.05) is 0 Å². The summed E-state index contributed by atoms with van der Waals surface area (Å²) in [4.78, 5) is 8.56. The molecule has 0 unspecified atom stereocenters. The average Bonchev–Trinajstić information content (AvgIpc) is 1.50. The van der Waals surface area contributed by atoms with Gasteiger partial charge < -0.3 is 10.2 Å². The quantitative estimate of drug-likeness (QED) is 0.155. The van der Waals surface area contributed by atoms with Gasteiger partial charge in [0.2, 0.25) is 0 Å². The molecular formula is CH9KNa2O10S2. The molecule has 0 radical (unpaired) electrons. The molecule has 0 atom stereocenters. The van der Waals surface area contributed by atoms with Gasteiger partial charge in [-0.15, -0.1) is 0 Å². The second kappa shape index (κ2) is 23.0. The fourth-order valence-corrected chi connectivity index (χ4v) is 0. The van der Waals surface area contributed by atoms with Gasteiger partial charge in [0.05, 0.1) is 0 Å². The van der Waals surface area contributed by atoms with Crippen LogP contribution in [0, 0.1) is 0 Å². The van der Waals surface area contributed by atoms with Gasteiger partial charge in [-0.25, -0.2) is 4.79 Å². The van der Waals surface area contributed by atoms with E-state index in [2.05, 4.69) is 0 Å². The van der Waals surface area contributed by atoms with Crippen molar-refractivity contribution < 1.29 is 45.8 Å². The van der Waals surface area contributed by atoms with E-state index in [-0.39, 0.29) is 110 Å². The van der Waals surface area contributed by atoms with E-state index in [0.717, 1.165) is 0 Å². The molecule has 0 heterocycles. The fourth-order valence-electron chi connectivity index (χ4n) is 0. The summed E-state index contributed by atoms with van der Waals surface area (Å²) >= 11 is -2.61. The van der Waals surface area contributed by atoms with Crippen LogP contribution in [0.15, 0.2) is 0 Å². The van der Waals surface area contributed by atoms with Crippen molar-refractivity contribution >= 4 is 138 Å². The van der Waals surface area contributed by atoms with E-state index in [1.54, 1.807) is 0 Å². The van der Waals surface area contributed by atoms with Gasteiger partial charge in [-0.2, -0.15) is 12.6 Å². The van der Waals surface area contributed by atoms with Crippen LogP contribution in [-0.4, -0.2) is 158 Å². The molecule has 10 nitrogen and oxygen atoms in total. The van der Waals surface area contributed by atoms with Gasteiger partial charge in [-0.1, -0.05) is 0 Å². The van der Waals surface area contributed by atoms with Gasteiger partial charge in [-0.3, -0.25) is 18.2 Å². The van der Waals surface area contributed by atoms with Crippen LogP contribution in [0.5, 0.6) is 0 Å².